The summed E-state index contributed by atoms with van der Waals surface area (Å²) in [6, 6.07) is 5.31. The van der Waals surface area contributed by atoms with Crippen LogP contribution in [0.4, 0.5) is 11.4 Å². The van der Waals surface area contributed by atoms with E-state index in [2.05, 4.69) is 29.7 Å². The number of aromatic carboxylic acids is 1. The second-order valence-corrected chi connectivity index (χ2v) is 11.0. The van der Waals surface area contributed by atoms with E-state index < -0.39 is 5.97 Å². The average molecular weight is 603 g/mol. The SMILES string of the molecule is C=C/C=C(\C=C/COC(/C=C(\C)Cl)=C/C=C/CN(c1ccc(C(=O)O)cc1N)C1CCCCC1)OCC1C=CC=CC=C1. The summed E-state index contributed by atoms with van der Waals surface area (Å²) in [6.07, 6.45) is 32.9. The maximum absolute atomic E-state index is 11.4. The summed E-state index contributed by atoms with van der Waals surface area (Å²) in [7, 11) is 0. The largest absolute Gasteiger partial charge is 0.493 e. The van der Waals surface area contributed by atoms with Crippen molar-refractivity contribution in [3.8, 4) is 0 Å². The Labute approximate surface area is 261 Å². The van der Waals surface area contributed by atoms with Gasteiger partial charge in [0.2, 0.25) is 0 Å². The number of nitrogens with zero attached hydrogens (tertiary/aromatic N) is 1. The topological polar surface area (TPSA) is 85.0 Å². The van der Waals surface area contributed by atoms with Crippen LogP contribution in [0, 0.1) is 5.92 Å². The summed E-state index contributed by atoms with van der Waals surface area (Å²) >= 11 is 6.18. The van der Waals surface area contributed by atoms with Crippen LogP contribution in [0.5, 0.6) is 0 Å². The van der Waals surface area contributed by atoms with E-state index in [4.69, 9.17) is 26.8 Å². The van der Waals surface area contributed by atoms with Gasteiger partial charge < -0.3 is 25.2 Å². The highest BCUT2D eigenvalue weighted by Crippen LogP contribution is 2.31. The van der Waals surface area contributed by atoms with Crippen LogP contribution in [0.2, 0.25) is 0 Å². The Morgan fingerprint density at radius 2 is 1.81 bits per heavy atom. The molecule has 7 heteroatoms. The lowest BCUT2D eigenvalue weighted by Gasteiger charge is -2.36. The second-order valence-electron chi connectivity index (χ2n) is 10.4. The number of carbonyl (C=O) groups is 1. The van der Waals surface area contributed by atoms with Crippen molar-refractivity contribution in [2.75, 3.05) is 30.4 Å². The average Bonchev–Trinajstić information content (AvgIpc) is 3.27. The standard InChI is InChI=1S/C36H43ClN2O4/c1-3-14-32(43-27-29-15-7-4-5-8-16-29)20-13-24-42-33(25-28(2)37)19-11-12-23-39(31-17-9-6-10-18-31)35-22-21-30(36(40)41)26-34(35)38/h3-5,7-8,11-16,19-22,25-26,29,31H,1,6,9-10,17-18,23-24,27,38H2,2H3,(H,40,41)/b12-11+,20-13-,28-25+,32-14+,33-19+. The molecule has 2 aliphatic rings. The number of carboxylic acids is 1. The number of ether oxygens (including phenoxy) is 2. The van der Waals surface area contributed by atoms with Crippen molar-refractivity contribution in [1.82, 2.24) is 0 Å². The predicted octanol–water partition coefficient (Wildman–Crippen LogP) is 8.65. The molecule has 0 saturated heterocycles. The van der Waals surface area contributed by atoms with Gasteiger partial charge in [-0.1, -0.05) is 92.1 Å². The lowest BCUT2D eigenvalue weighted by atomic mass is 9.93. The molecule has 6 nitrogen and oxygen atoms in total. The summed E-state index contributed by atoms with van der Waals surface area (Å²) in [5.41, 5.74) is 7.85. The van der Waals surface area contributed by atoms with E-state index in [9.17, 15) is 9.90 Å². The number of carboxylic acid groups (broad SMARTS) is 1. The van der Waals surface area contributed by atoms with Gasteiger partial charge in [0.25, 0.3) is 0 Å². The van der Waals surface area contributed by atoms with E-state index in [1.807, 2.05) is 60.8 Å². The van der Waals surface area contributed by atoms with Crippen molar-refractivity contribution in [3.63, 3.8) is 0 Å². The highest BCUT2D eigenvalue weighted by atomic mass is 35.5. The van der Waals surface area contributed by atoms with E-state index in [-0.39, 0.29) is 11.5 Å². The molecule has 0 aromatic heterocycles. The van der Waals surface area contributed by atoms with Crippen LogP contribution < -0.4 is 10.6 Å². The normalized spacial score (nSPS) is 17.0. The van der Waals surface area contributed by atoms with E-state index in [1.54, 1.807) is 25.1 Å². The van der Waals surface area contributed by atoms with E-state index >= 15 is 0 Å². The molecule has 0 amide bonds. The monoisotopic (exact) mass is 602 g/mol. The number of allylic oxidation sites excluding steroid dienone is 11. The number of nitrogen functional groups attached to an aromatic ring is 1. The third-order valence-corrected chi connectivity index (χ3v) is 7.15. The molecule has 1 aromatic carbocycles. The maximum atomic E-state index is 11.4. The molecular formula is C36H43ClN2O4. The fourth-order valence-electron chi connectivity index (χ4n) is 4.94. The smallest absolute Gasteiger partial charge is 0.335 e. The molecule has 0 unspecified atom stereocenters. The van der Waals surface area contributed by atoms with E-state index in [0.717, 1.165) is 18.5 Å². The Kier molecular flexibility index (Phi) is 14.3. The summed E-state index contributed by atoms with van der Waals surface area (Å²) in [5, 5.41) is 9.95. The van der Waals surface area contributed by atoms with Gasteiger partial charge in [0.1, 0.15) is 18.1 Å². The fraction of sp³-hybridized carbons (Fsp3) is 0.306. The number of nitrogens with two attached hydrogens (primary N) is 1. The van der Waals surface area contributed by atoms with Crippen molar-refractivity contribution in [2.24, 2.45) is 5.92 Å². The van der Waals surface area contributed by atoms with Crippen LogP contribution in [-0.2, 0) is 9.47 Å². The Hall–Kier alpha value is -4.16. The molecule has 3 rings (SSSR count). The maximum Gasteiger partial charge on any atom is 0.335 e. The molecule has 0 heterocycles. The molecule has 0 bridgehead atoms. The van der Waals surface area contributed by atoms with Gasteiger partial charge in [-0.2, -0.15) is 0 Å². The molecule has 0 radical (unpaired) electrons. The Morgan fingerprint density at radius 1 is 1.07 bits per heavy atom. The lowest BCUT2D eigenvalue weighted by Crippen LogP contribution is -2.37. The van der Waals surface area contributed by atoms with Gasteiger partial charge in [0.15, 0.2) is 0 Å². The third kappa shape index (κ3) is 11.9. The lowest BCUT2D eigenvalue weighted by molar-refractivity contribution is 0.0697. The van der Waals surface area contributed by atoms with Crippen molar-refractivity contribution < 1.29 is 19.4 Å². The molecule has 1 aromatic rings. The molecule has 3 N–H and O–H groups in total. The summed E-state index contributed by atoms with van der Waals surface area (Å²) in [6.45, 7) is 7.07. The first-order chi connectivity index (χ1) is 20.9. The molecule has 0 aliphatic heterocycles. The molecular weight excluding hydrogens is 560 g/mol. The third-order valence-electron chi connectivity index (χ3n) is 7.04. The number of anilines is 2. The highest BCUT2D eigenvalue weighted by Gasteiger charge is 2.22. The van der Waals surface area contributed by atoms with Crippen LogP contribution in [0.15, 0.2) is 126 Å². The van der Waals surface area contributed by atoms with Crippen LogP contribution in [-0.4, -0.2) is 36.9 Å². The fourth-order valence-corrected chi connectivity index (χ4v) is 5.05. The van der Waals surface area contributed by atoms with Crippen molar-refractivity contribution in [2.45, 2.75) is 45.1 Å². The molecule has 0 atom stereocenters. The van der Waals surface area contributed by atoms with Gasteiger partial charge in [0.05, 0.1) is 23.5 Å². The highest BCUT2D eigenvalue weighted by molar-refractivity contribution is 6.29. The summed E-state index contributed by atoms with van der Waals surface area (Å²) < 4.78 is 12.0. The van der Waals surface area contributed by atoms with Crippen LogP contribution in [0.25, 0.3) is 0 Å². The zero-order valence-corrected chi connectivity index (χ0v) is 25.7. The second kappa shape index (κ2) is 18.4. The zero-order chi connectivity index (χ0) is 30.9. The molecule has 1 saturated carbocycles. The van der Waals surface area contributed by atoms with Crippen LogP contribution in [0.3, 0.4) is 0 Å². The van der Waals surface area contributed by atoms with Gasteiger partial charge in [-0.3, -0.25) is 0 Å². The number of benzene rings is 1. The molecule has 43 heavy (non-hydrogen) atoms. The molecule has 2 aliphatic carbocycles. The number of hydrogen-bond acceptors (Lipinski definition) is 5. The number of halogens is 1. The first kappa shape index (κ1) is 33.3. The summed E-state index contributed by atoms with van der Waals surface area (Å²) in [4.78, 5) is 13.7. The summed E-state index contributed by atoms with van der Waals surface area (Å²) in [5.74, 6) is 0.533. The molecule has 228 valence electrons. The first-order valence-electron chi connectivity index (χ1n) is 14.7. The molecule has 1 fully saturated rings. The van der Waals surface area contributed by atoms with Crippen LogP contribution >= 0.6 is 11.6 Å². The quantitative estimate of drug-likeness (QED) is 0.119. The minimum Gasteiger partial charge on any atom is -0.493 e. The number of hydrogen-bond donors (Lipinski definition) is 2. The first-order valence-corrected chi connectivity index (χ1v) is 15.1. The van der Waals surface area contributed by atoms with E-state index in [0.29, 0.717) is 48.0 Å². The molecule has 0 spiro atoms. The zero-order valence-electron chi connectivity index (χ0n) is 24.9. The van der Waals surface area contributed by atoms with Gasteiger partial charge in [0, 0.05) is 23.5 Å². The minimum atomic E-state index is -0.986. The Bertz CT molecular complexity index is 1310. The van der Waals surface area contributed by atoms with Crippen LogP contribution in [0.1, 0.15) is 49.4 Å². The van der Waals surface area contributed by atoms with Crippen molar-refractivity contribution in [3.05, 3.63) is 132 Å². The van der Waals surface area contributed by atoms with Gasteiger partial charge in [-0.05, 0) is 68.3 Å². The number of rotatable bonds is 15. The van der Waals surface area contributed by atoms with Gasteiger partial charge >= 0.3 is 5.97 Å². The van der Waals surface area contributed by atoms with Gasteiger partial charge in [-0.25, -0.2) is 4.79 Å². The van der Waals surface area contributed by atoms with Crippen molar-refractivity contribution in [1.29, 1.82) is 0 Å². The Morgan fingerprint density at radius 3 is 2.47 bits per heavy atom. The van der Waals surface area contributed by atoms with Crippen molar-refractivity contribution >= 4 is 28.9 Å². The van der Waals surface area contributed by atoms with E-state index in [1.165, 1.54) is 25.3 Å². The van der Waals surface area contributed by atoms with Gasteiger partial charge in [-0.15, -0.1) is 0 Å². The predicted molar refractivity (Wildman–Crippen MR) is 179 cm³/mol. The Balaban J connectivity index is 1.64. The minimum absolute atomic E-state index is 0.188.